The van der Waals surface area contributed by atoms with Crippen LogP contribution in [0.2, 0.25) is 0 Å². The Bertz CT molecular complexity index is 2850. The number of benzene rings is 4. The fraction of sp³-hybridized carbons (Fsp3) is 0.368. The van der Waals surface area contributed by atoms with E-state index < -0.39 is 0 Å². The Balaban J connectivity index is 0.578. The molecule has 0 spiro atoms. The van der Waals surface area contributed by atoms with Crippen LogP contribution < -0.4 is 28.7 Å². The second-order valence-corrected chi connectivity index (χ2v) is 20.4. The lowest BCUT2D eigenvalue weighted by atomic mass is 10.1. The van der Waals surface area contributed by atoms with Crippen LogP contribution in [0.25, 0.3) is 42.0 Å². The average molecular weight is 991 g/mol. The quantitative estimate of drug-likeness (QED) is 0.0476. The largest absolute Gasteiger partial charge is 0.494 e. The summed E-state index contributed by atoms with van der Waals surface area (Å²) in [5.74, 6) is 1.31. The van der Waals surface area contributed by atoms with Crippen LogP contribution in [0.1, 0.15) is 57.8 Å². The number of fused-ring (bicyclic) bond motifs is 4. The van der Waals surface area contributed by atoms with Gasteiger partial charge in [0.05, 0.1) is 24.2 Å². The third-order valence-corrected chi connectivity index (χ3v) is 15.4. The van der Waals surface area contributed by atoms with Crippen molar-refractivity contribution in [3.05, 3.63) is 120 Å². The van der Waals surface area contributed by atoms with E-state index in [2.05, 4.69) is 88.9 Å². The molecule has 4 aromatic heterocycles. The molecule has 10 rings (SSSR count). The van der Waals surface area contributed by atoms with E-state index in [1.54, 1.807) is 34.8 Å². The van der Waals surface area contributed by atoms with Crippen molar-refractivity contribution in [1.82, 2.24) is 19.8 Å². The van der Waals surface area contributed by atoms with E-state index in [0.29, 0.717) is 43.5 Å². The predicted molar refractivity (Wildman–Crippen MR) is 288 cm³/mol. The summed E-state index contributed by atoms with van der Waals surface area (Å²) in [4.78, 5) is 44.8. The van der Waals surface area contributed by atoms with E-state index in [0.717, 1.165) is 113 Å². The molecule has 8 aromatic rings. The first-order chi connectivity index (χ1) is 35.0. The second kappa shape index (κ2) is 23.7. The molecule has 0 bridgehead atoms. The minimum absolute atomic E-state index is 0.224. The summed E-state index contributed by atoms with van der Waals surface area (Å²) in [6.45, 7) is 11.9. The lowest BCUT2D eigenvalue weighted by Gasteiger charge is -2.36. The molecule has 0 amide bonds. The first-order valence-corrected chi connectivity index (χ1v) is 27.1. The van der Waals surface area contributed by atoms with E-state index in [1.165, 1.54) is 31.5 Å². The summed E-state index contributed by atoms with van der Waals surface area (Å²) in [5.41, 5.74) is 4.13. The summed E-state index contributed by atoms with van der Waals surface area (Å²) in [6, 6.07) is 36.6. The number of ether oxygens (including phenoxy) is 4. The van der Waals surface area contributed by atoms with E-state index in [1.807, 2.05) is 48.5 Å². The number of anilines is 2. The van der Waals surface area contributed by atoms with Crippen LogP contribution >= 0.6 is 22.7 Å². The topological polar surface area (TPSA) is 110 Å². The summed E-state index contributed by atoms with van der Waals surface area (Å²) >= 11 is 3.61. The second-order valence-electron chi connectivity index (χ2n) is 18.5. The first-order valence-electron chi connectivity index (χ1n) is 25.3. The maximum atomic E-state index is 12.7. The fourth-order valence-electron chi connectivity index (χ4n) is 9.69. The Labute approximate surface area is 423 Å². The van der Waals surface area contributed by atoms with Crippen LogP contribution in [0, 0.1) is 0 Å². The fourth-order valence-corrected chi connectivity index (χ4v) is 11.3. The average Bonchev–Trinajstić information content (AvgIpc) is 4.10. The molecule has 12 nitrogen and oxygen atoms in total. The third-order valence-electron chi connectivity index (χ3n) is 13.6. The van der Waals surface area contributed by atoms with Crippen molar-refractivity contribution in [1.29, 1.82) is 0 Å². The SMILES string of the molecule is O=C(CCCCCC(=O)Oc1ccc2ccc(OCCCCN3CCN(c4cccc5sccc45)CC3)cc2n1)Oc1ccc2ccc(OCCCCN3CCN(c4cccc5sccc45)CC3)cc2n1. The van der Waals surface area contributed by atoms with Gasteiger partial charge in [-0.15, -0.1) is 22.7 Å². The zero-order valence-electron chi connectivity index (χ0n) is 40.3. The number of pyridine rings is 2. The summed E-state index contributed by atoms with van der Waals surface area (Å²) in [7, 11) is 0. The highest BCUT2D eigenvalue weighted by Crippen LogP contribution is 2.33. The molecule has 71 heavy (non-hydrogen) atoms. The normalized spacial score (nSPS) is 14.7. The van der Waals surface area contributed by atoms with Gasteiger partial charge in [-0.3, -0.25) is 19.4 Å². The van der Waals surface area contributed by atoms with Gasteiger partial charge in [-0.1, -0.05) is 18.6 Å². The minimum Gasteiger partial charge on any atom is -0.494 e. The van der Waals surface area contributed by atoms with Crippen molar-refractivity contribution in [2.75, 3.05) is 88.5 Å². The van der Waals surface area contributed by atoms with Crippen molar-refractivity contribution < 1.29 is 28.5 Å². The van der Waals surface area contributed by atoms with Gasteiger partial charge in [-0.25, -0.2) is 9.97 Å². The van der Waals surface area contributed by atoms with Crippen LogP contribution in [0.15, 0.2) is 120 Å². The number of unbranched alkanes of at least 4 members (excludes halogenated alkanes) is 4. The molecule has 0 saturated carbocycles. The molecule has 2 saturated heterocycles. The monoisotopic (exact) mass is 990 g/mol. The van der Waals surface area contributed by atoms with Crippen LogP contribution in [0.3, 0.4) is 0 Å². The number of carbonyl (C=O) groups is 2. The van der Waals surface area contributed by atoms with Crippen molar-refractivity contribution >= 4 is 88.0 Å². The molecule has 0 unspecified atom stereocenters. The molecule has 6 heterocycles. The number of esters is 2. The lowest BCUT2D eigenvalue weighted by molar-refractivity contribution is -0.135. The highest BCUT2D eigenvalue weighted by Gasteiger charge is 2.20. The van der Waals surface area contributed by atoms with E-state index in [9.17, 15) is 9.59 Å². The third kappa shape index (κ3) is 12.8. The van der Waals surface area contributed by atoms with Gasteiger partial charge in [0.25, 0.3) is 0 Å². The van der Waals surface area contributed by atoms with Gasteiger partial charge in [-0.2, -0.15) is 0 Å². The van der Waals surface area contributed by atoms with Crippen molar-refractivity contribution in [3.8, 4) is 23.3 Å². The molecule has 2 aliphatic heterocycles. The van der Waals surface area contributed by atoms with Gasteiger partial charge in [0, 0.05) is 132 Å². The van der Waals surface area contributed by atoms with Gasteiger partial charge in [0.15, 0.2) is 0 Å². The maximum absolute atomic E-state index is 12.7. The Morgan fingerprint density at radius 3 is 1.39 bits per heavy atom. The van der Waals surface area contributed by atoms with Gasteiger partial charge in [0.1, 0.15) is 11.5 Å². The Morgan fingerprint density at radius 2 is 0.930 bits per heavy atom. The first kappa shape index (κ1) is 48.3. The lowest BCUT2D eigenvalue weighted by Crippen LogP contribution is -2.46. The number of piperazine rings is 2. The number of aromatic nitrogens is 2. The van der Waals surface area contributed by atoms with Crippen molar-refractivity contribution in [2.45, 2.75) is 57.8 Å². The number of thiophene rings is 2. The Kier molecular flexibility index (Phi) is 16.1. The number of hydrogen-bond acceptors (Lipinski definition) is 14. The molecule has 2 fully saturated rings. The van der Waals surface area contributed by atoms with Crippen molar-refractivity contribution in [3.63, 3.8) is 0 Å². The summed E-state index contributed by atoms with van der Waals surface area (Å²) < 4.78 is 26.1. The summed E-state index contributed by atoms with van der Waals surface area (Å²) in [6.07, 6.45) is 6.38. The zero-order chi connectivity index (χ0) is 48.2. The molecule has 0 aliphatic carbocycles. The van der Waals surface area contributed by atoms with Crippen LogP contribution in [-0.2, 0) is 9.59 Å². The van der Waals surface area contributed by atoms with Gasteiger partial charge in [-0.05, 0) is 135 Å². The molecule has 2 aliphatic rings. The molecule has 14 heteroatoms. The van der Waals surface area contributed by atoms with E-state index in [4.69, 9.17) is 18.9 Å². The molecule has 0 N–H and O–H groups in total. The van der Waals surface area contributed by atoms with Crippen LogP contribution in [-0.4, -0.2) is 110 Å². The zero-order valence-corrected chi connectivity index (χ0v) is 42.0. The predicted octanol–water partition coefficient (Wildman–Crippen LogP) is 11.6. The molecular weight excluding hydrogens is 929 g/mol. The minimum atomic E-state index is -0.356. The molecular formula is C57H62N6O6S2. The smallest absolute Gasteiger partial charge is 0.312 e. The number of hydrogen-bond donors (Lipinski definition) is 0. The summed E-state index contributed by atoms with van der Waals surface area (Å²) in [5, 5.41) is 8.97. The van der Waals surface area contributed by atoms with Gasteiger partial charge < -0.3 is 28.7 Å². The standard InChI is InChI=1S/C57H62N6O6S2/c64-56(68-54-22-18-42-16-20-44(40-48(42)58-54)66-36-6-4-26-60-28-32-62(33-29-60)50-10-8-12-52-46(50)24-38-70-52)14-2-1-3-15-57(65)69-55-23-19-43-17-21-45(41-49(43)59-55)67-37-7-5-27-61-30-34-63(35-31-61)51-11-9-13-53-47(51)25-39-71-53/h8-13,16-25,38-41H,1-7,14-15,26-37H2. The highest BCUT2D eigenvalue weighted by molar-refractivity contribution is 7.17. The van der Waals surface area contributed by atoms with E-state index >= 15 is 0 Å². The number of rotatable bonds is 22. The van der Waals surface area contributed by atoms with Crippen LogP contribution in [0.5, 0.6) is 23.3 Å². The van der Waals surface area contributed by atoms with E-state index in [-0.39, 0.29) is 36.5 Å². The Morgan fingerprint density at radius 1 is 0.479 bits per heavy atom. The van der Waals surface area contributed by atoms with Gasteiger partial charge in [0.2, 0.25) is 11.8 Å². The highest BCUT2D eigenvalue weighted by atomic mass is 32.1. The maximum Gasteiger partial charge on any atom is 0.312 e. The molecule has 368 valence electrons. The molecule has 0 radical (unpaired) electrons. The number of carbonyl (C=O) groups excluding carboxylic acids is 2. The molecule has 0 atom stereocenters. The van der Waals surface area contributed by atoms with Crippen molar-refractivity contribution in [2.24, 2.45) is 0 Å². The Hall–Kier alpha value is -6.32. The number of nitrogens with zero attached hydrogens (tertiary/aromatic N) is 6. The molecule has 4 aromatic carbocycles. The van der Waals surface area contributed by atoms with Gasteiger partial charge >= 0.3 is 11.9 Å². The van der Waals surface area contributed by atoms with Crippen LogP contribution in [0.4, 0.5) is 11.4 Å².